The Balaban J connectivity index is 2.00. The molecule has 3 rings (SSSR count). The molecule has 0 radical (unpaired) electrons. The van der Waals surface area contributed by atoms with Gasteiger partial charge in [0.15, 0.2) is 11.4 Å². The second kappa shape index (κ2) is 4.85. The van der Waals surface area contributed by atoms with Crippen LogP contribution in [0.15, 0.2) is 35.0 Å². The van der Waals surface area contributed by atoms with Gasteiger partial charge in [0.2, 0.25) is 0 Å². The van der Waals surface area contributed by atoms with Gasteiger partial charge in [0.1, 0.15) is 17.4 Å². The zero-order chi connectivity index (χ0) is 13.2. The van der Waals surface area contributed by atoms with Crippen molar-refractivity contribution >= 4 is 27.9 Å². The monoisotopic (exact) mass is 256 g/mol. The maximum atomic E-state index is 5.84. The van der Waals surface area contributed by atoms with Crippen LogP contribution in [0.3, 0.4) is 0 Å². The van der Waals surface area contributed by atoms with Gasteiger partial charge in [0, 0.05) is 18.5 Å². The lowest BCUT2D eigenvalue weighted by Crippen LogP contribution is -2.21. The van der Waals surface area contributed by atoms with Crippen molar-refractivity contribution in [2.24, 2.45) is 0 Å². The molecule has 0 spiro atoms. The van der Waals surface area contributed by atoms with Crippen LogP contribution in [-0.2, 0) is 0 Å². The second-order valence-corrected chi connectivity index (χ2v) is 4.73. The standard InChI is InChI=1S/C14H16N4O/c1-18(2)8-7-15-14-13-12(16-9-17-14)10-5-3-4-6-11(10)19-13/h3-6,9H,7-8H2,1-2H3,(H,15,16,17). The van der Waals surface area contributed by atoms with Gasteiger partial charge in [0.05, 0.1) is 0 Å². The lowest BCUT2D eigenvalue weighted by atomic mass is 10.2. The van der Waals surface area contributed by atoms with Gasteiger partial charge in [-0.05, 0) is 26.2 Å². The molecule has 5 nitrogen and oxygen atoms in total. The molecule has 1 aromatic carbocycles. The third kappa shape index (κ3) is 2.24. The van der Waals surface area contributed by atoms with Gasteiger partial charge in [-0.15, -0.1) is 0 Å². The van der Waals surface area contributed by atoms with E-state index in [1.54, 1.807) is 6.33 Å². The maximum absolute atomic E-state index is 5.84. The molecule has 0 aliphatic carbocycles. The highest BCUT2D eigenvalue weighted by Gasteiger charge is 2.12. The van der Waals surface area contributed by atoms with Crippen molar-refractivity contribution in [3.63, 3.8) is 0 Å². The molecule has 0 aliphatic heterocycles. The van der Waals surface area contributed by atoms with Crippen molar-refractivity contribution in [2.75, 3.05) is 32.5 Å². The number of aromatic nitrogens is 2. The smallest absolute Gasteiger partial charge is 0.196 e. The van der Waals surface area contributed by atoms with Gasteiger partial charge in [-0.3, -0.25) is 0 Å². The normalized spacial score (nSPS) is 11.5. The lowest BCUT2D eigenvalue weighted by Gasteiger charge is -2.10. The van der Waals surface area contributed by atoms with Crippen LogP contribution in [0, 0.1) is 0 Å². The van der Waals surface area contributed by atoms with Gasteiger partial charge < -0.3 is 14.6 Å². The molecule has 1 N–H and O–H groups in total. The summed E-state index contributed by atoms with van der Waals surface area (Å²) in [6, 6.07) is 7.90. The van der Waals surface area contributed by atoms with Gasteiger partial charge in [-0.25, -0.2) is 9.97 Å². The van der Waals surface area contributed by atoms with Crippen molar-refractivity contribution in [3.8, 4) is 0 Å². The summed E-state index contributed by atoms with van der Waals surface area (Å²) in [5, 5.41) is 4.32. The Kier molecular flexibility index (Phi) is 3.05. The largest absolute Gasteiger partial charge is 0.450 e. The number of nitrogens with one attached hydrogen (secondary N) is 1. The molecule has 2 aromatic heterocycles. The minimum absolute atomic E-state index is 0.724. The summed E-state index contributed by atoms with van der Waals surface area (Å²) in [6.45, 7) is 1.75. The SMILES string of the molecule is CN(C)CCNc1ncnc2c1oc1ccccc12. The summed E-state index contributed by atoms with van der Waals surface area (Å²) in [5.41, 5.74) is 2.43. The molecule has 3 aromatic rings. The second-order valence-electron chi connectivity index (χ2n) is 4.73. The molecule has 0 fully saturated rings. The van der Waals surface area contributed by atoms with E-state index in [4.69, 9.17) is 4.42 Å². The van der Waals surface area contributed by atoms with E-state index in [1.807, 2.05) is 38.4 Å². The van der Waals surface area contributed by atoms with Gasteiger partial charge in [-0.2, -0.15) is 0 Å². The van der Waals surface area contributed by atoms with E-state index in [1.165, 1.54) is 0 Å². The Morgan fingerprint density at radius 2 is 2.05 bits per heavy atom. The van der Waals surface area contributed by atoms with Gasteiger partial charge >= 0.3 is 0 Å². The molecular weight excluding hydrogens is 240 g/mol. The number of anilines is 1. The first kappa shape index (κ1) is 11.9. The minimum Gasteiger partial charge on any atom is -0.450 e. The van der Waals surface area contributed by atoms with Crippen molar-refractivity contribution in [1.82, 2.24) is 14.9 Å². The van der Waals surface area contributed by atoms with Crippen LogP contribution in [0.1, 0.15) is 0 Å². The molecule has 19 heavy (non-hydrogen) atoms. The Hall–Kier alpha value is -2.14. The van der Waals surface area contributed by atoms with E-state index in [2.05, 4.69) is 20.2 Å². The fourth-order valence-electron chi connectivity index (χ4n) is 2.05. The zero-order valence-electron chi connectivity index (χ0n) is 11.1. The average Bonchev–Trinajstić information content (AvgIpc) is 2.78. The van der Waals surface area contributed by atoms with Crippen LogP contribution < -0.4 is 5.32 Å². The Morgan fingerprint density at radius 3 is 2.89 bits per heavy atom. The first-order chi connectivity index (χ1) is 9.25. The zero-order valence-corrected chi connectivity index (χ0v) is 11.1. The number of fused-ring (bicyclic) bond motifs is 3. The fraction of sp³-hybridized carbons (Fsp3) is 0.286. The average molecular weight is 256 g/mol. The lowest BCUT2D eigenvalue weighted by molar-refractivity contribution is 0.425. The molecular formula is C14H16N4O. The predicted molar refractivity (Wildman–Crippen MR) is 76.4 cm³/mol. The number of likely N-dealkylation sites (N-methyl/N-ethyl adjacent to an activating group) is 1. The highest BCUT2D eigenvalue weighted by Crippen LogP contribution is 2.29. The fourth-order valence-corrected chi connectivity index (χ4v) is 2.05. The van der Waals surface area contributed by atoms with Crippen molar-refractivity contribution < 1.29 is 4.42 Å². The first-order valence-electron chi connectivity index (χ1n) is 6.26. The summed E-state index contributed by atoms with van der Waals surface area (Å²) in [7, 11) is 4.08. The molecule has 98 valence electrons. The molecule has 5 heteroatoms. The highest BCUT2D eigenvalue weighted by atomic mass is 16.3. The van der Waals surface area contributed by atoms with E-state index in [0.717, 1.165) is 41.0 Å². The summed E-state index contributed by atoms with van der Waals surface area (Å²) < 4.78 is 5.84. The number of rotatable bonds is 4. The summed E-state index contributed by atoms with van der Waals surface area (Å²) in [4.78, 5) is 10.7. The Morgan fingerprint density at radius 1 is 1.21 bits per heavy atom. The number of hydrogen-bond acceptors (Lipinski definition) is 5. The van der Waals surface area contributed by atoms with Crippen LogP contribution in [0.25, 0.3) is 22.1 Å². The van der Waals surface area contributed by atoms with Crippen LogP contribution in [0.2, 0.25) is 0 Å². The van der Waals surface area contributed by atoms with Gasteiger partial charge in [-0.1, -0.05) is 12.1 Å². The first-order valence-corrected chi connectivity index (χ1v) is 6.26. The van der Waals surface area contributed by atoms with E-state index >= 15 is 0 Å². The summed E-state index contributed by atoms with van der Waals surface area (Å²) >= 11 is 0. The van der Waals surface area contributed by atoms with E-state index in [-0.39, 0.29) is 0 Å². The summed E-state index contributed by atoms with van der Waals surface area (Å²) in [5.74, 6) is 0.753. The molecule has 0 aliphatic rings. The van der Waals surface area contributed by atoms with Gasteiger partial charge in [0.25, 0.3) is 0 Å². The topological polar surface area (TPSA) is 54.2 Å². The molecule has 0 amide bonds. The molecule has 0 unspecified atom stereocenters. The number of para-hydroxylation sites is 1. The minimum atomic E-state index is 0.724. The molecule has 0 saturated carbocycles. The third-order valence-electron chi connectivity index (χ3n) is 3.01. The van der Waals surface area contributed by atoms with E-state index in [0.29, 0.717) is 0 Å². The predicted octanol–water partition coefficient (Wildman–Crippen LogP) is 2.35. The number of nitrogens with zero attached hydrogens (tertiary/aromatic N) is 3. The Labute approximate surface area is 111 Å². The maximum Gasteiger partial charge on any atom is 0.196 e. The van der Waals surface area contributed by atoms with Crippen molar-refractivity contribution in [3.05, 3.63) is 30.6 Å². The molecule has 0 bridgehead atoms. The van der Waals surface area contributed by atoms with Crippen molar-refractivity contribution in [1.29, 1.82) is 0 Å². The van der Waals surface area contributed by atoms with Crippen LogP contribution in [0.5, 0.6) is 0 Å². The molecule has 0 atom stereocenters. The number of furan rings is 1. The molecule has 2 heterocycles. The Bertz CT molecular complexity index is 705. The van der Waals surface area contributed by atoms with E-state index in [9.17, 15) is 0 Å². The third-order valence-corrected chi connectivity index (χ3v) is 3.01. The number of benzene rings is 1. The van der Waals surface area contributed by atoms with E-state index < -0.39 is 0 Å². The van der Waals surface area contributed by atoms with Crippen LogP contribution in [0.4, 0.5) is 5.82 Å². The van der Waals surface area contributed by atoms with Crippen molar-refractivity contribution in [2.45, 2.75) is 0 Å². The summed E-state index contributed by atoms with van der Waals surface area (Å²) in [6.07, 6.45) is 1.57. The highest BCUT2D eigenvalue weighted by molar-refractivity contribution is 6.05. The quantitative estimate of drug-likeness (QED) is 0.776. The molecule has 0 saturated heterocycles. The van der Waals surface area contributed by atoms with Crippen LogP contribution >= 0.6 is 0 Å². The number of hydrogen-bond donors (Lipinski definition) is 1. The van der Waals surface area contributed by atoms with Crippen LogP contribution in [-0.4, -0.2) is 42.1 Å².